The molecule has 0 saturated carbocycles. The van der Waals surface area contributed by atoms with E-state index in [1.54, 1.807) is 12.1 Å². The summed E-state index contributed by atoms with van der Waals surface area (Å²) in [5.41, 5.74) is 1.68. The van der Waals surface area contributed by atoms with Gasteiger partial charge in [-0.3, -0.25) is 24.1 Å². The molecule has 1 aliphatic carbocycles. The summed E-state index contributed by atoms with van der Waals surface area (Å²) in [5.74, 6) is -2.75. The van der Waals surface area contributed by atoms with Crippen molar-refractivity contribution in [2.75, 3.05) is 25.6 Å². The fourth-order valence-electron chi connectivity index (χ4n) is 4.02. The van der Waals surface area contributed by atoms with Gasteiger partial charge in [-0.1, -0.05) is 19.1 Å². The SMILES string of the molecule is COC(=O)c1c(NC(=O)COC(=O)CN2C(=O)c3ccccc3C2=O)sc2c1CC[C@H](C)C2. The van der Waals surface area contributed by atoms with Gasteiger partial charge in [0.2, 0.25) is 0 Å². The summed E-state index contributed by atoms with van der Waals surface area (Å²) in [5, 5.41) is 3.00. The van der Waals surface area contributed by atoms with E-state index >= 15 is 0 Å². The van der Waals surface area contributed by atoms with Crippen LogP contribution >= 0.6 is 11.3 Å². The summed E-state index contributed by atoms with van der Waals surface area (Å²) in [6, 6.07) is 6.27. The minimum Gasteiger partial charge on any atom is -0.465 e. The van der Waals surface area contributed by atoms with E-state index < -0.39 is 42.8 Å². The lowest BCUT2D eigenvalue weighted by Crippen LogP contribution is -2.36. The predicted octanol–water partition coefficient (Wildman–Crippen LogP) is 2.44. The molecule has 4 rings (SSSR count). The third-order valence-corrected chi connectivity index (χ3v) is 6.85. The number of fused-ring (bicyclic) bond motifs is 2. The fourth-order valence-corrected chi connectivity index (χ4v) is 5.44. The third-order valence-electron chi connectivity index (χ3n) is 5.68. The molecule has 2 heterocycles. The van der Waals surface area contributed by atoms with Crippen molar-refractivity contribution in [3.63, 3.8) is 0 Å². The zero-order chi connectivity index (χ0) is 23.7. The highest BCUT2D eigenvalue weighted by molar-refractivity contribution is 7.17. The lowest BCUT2D eigenvalue weighted by Gasteiger charge is -2.18. The minimum absolute atomic E-state index is 0.222. The van der Waals surface area contributed by atoms with Gasteiger partial charge in [0, 0.05) is 4.88 Å². The maximum absolute atomic E-state index is 12.4. The Morgan fingerprint density at radius 2 is 1.82 bits per heavy atom. The Morgan fingerprint density at radius 3 is 2.45 bits per heavy atom. The van der Waals surface area contributed by atoms with Crippen molar-refractivity contribution in [1.82, 2.24) is 4.90 Å². The van der Waals surface area contributed by atoms with Crippen LogP contribution in [0.4, 0.5) is 5.00 Å². The first-order valence-corrected chi connectivity index (χ1v) is 11.2. The van der Waals surface area contributed by atoms with Crippen LogP contribution in [0, 0.1) is 5.92 Å². The van der Waals surface area contributed by atoms with Crippen molar-refractivity contribution in [2.45, 2.75) is 26.2 Å². The first-order valence-electron chi connectivity index (χ1n) is 10.4. The molecular formula is C23H22N2O7S. The van der Waals surface area contributed by atoms with Crippen LogP contribution in [0.1, 0.15) is 54.9 Å². The number of imide groups is 1. The minimum atomic E-state index is -0.896. The standard InChI is InChI=1S/C23H22N2O7S/c1-12-7-8-15-16(9-12)33-20(19(15)23(30)31-2)24-17(26)11-32-18(27)10-25-21(28)13-5-3-4-6-14(13)22(25)29/h3-6,12H,7-11H2,1-2H3,(H,24,26)/t12-/m0/s1. The van der Waals surface area contributed by atoms with Crippen LogP contribution in [-0.4, -0.2) is 54.8 Å². The number of methoxy groups -OCH3 is 1. The number of rotatable bonds is 6. The van der Waals surface area contributed by atoms with E-state index in [-0.39, 0.29) is 11.1 Å². The summed E-state index contributed by atoms with van der Waals surface area (Å²) in [6.45, 7) is 0.909. The topological polar surface area (TPSA) is 119 Å². The Labute approximate surface area is 193 Å². The first kappa shape index (κ1) is 22.7. The van der Waals surface area contributed by atoms with E-state index in [1.807, 2.05) is 0 Å². The molecular weight excluding hydrogens is 448 g/mol. The molecule has 9 nitrogen and oxygen atoms in total. The van der Waals surface area contributed by atoms with Crippen molar-refractivity contribution in [3.05, 3.63) is 51.4 Å². The molecule has 1 aromatic carbocycles. The van der Waals surface area contributed by atoms with Gasteiger partial charge in [0.05, 0.1) is 23.8 Å². The van der Waals surface area contributed by atoms with Gasteiger partial charge in [0.1, 0.15) is 11.5 Å². The van der Waals surface area contributed by atoms with Gasteiger partial charge in [0.15, 0.2) is 6.61 Å². The number of nitrogens with zero attached hydrogens (tertiary/aromatic N) is 1. The van der Waals surface area contributed by atoms with Crippen LogP contribution in [-0.2, 0) is 31.9 Å². The van der Waals surface area contributed by atoms with E-state index in [0.29, 0.717) is 16.5 Å². The second-order valence-corrected chi connectivity index (χ2v) is 9.10. The van der Waals surface area contributed by atoms with Gasteiger partial charge < -0.3 is 14.8 Å². The Morgan fingerprint density at radius 1 is 1.15 bits per heavy atom. The number of esters is 2. The molecule has 0 radical (unpaired) electrons. The molecule has 2 aliphatic rings. The van der Waals surface area contributed by atoms with Gasteiger partial charge in [-0.25, -0.2) is 4.79 Å². The summed E-state index contributed by atoms with van der Waals surface area (Å²) in [4.78, 5) is 63.5. The summed E-state index contributed by atoms with van der Waals surface area (Å²) in [6.07, 6.45) is 2.48. The van der Waals surface area contributed by atoms with E-state index in [4.69, 9.17) is 9.47 Å². The molecule has 1 atom stereocenters. The number of hydrogen-bond acceptors (Lipinski definition) is 8. The van der Waals surface area contributed by atoms with Crippen LogP contribution < -0.4 is 5.32 Å². The van der Waals surface area contributed by atoms with E-state index in [1.165, 1.54) is 30.6 Å². The number of nitrogens with one attached hydrogen (secondary N) is 1. The molecule has 0 bridgehead atoms. The quantitative estimate of drug-likeness (QED) is 0.509. The highest BCUT2D eigenvalue weighted by atomic mass is 32.1. The highest BCUT2D eigenvalue weighted by Crippen LogP contribution is 2.40. The number of anilines is 1. The monoisotopic (exact) mass is 470 g/mol. The molecule has 10 heteroatoms. The van der Waals surface area contributed by atoms with Crippen molar-refractivity contribution < 1.29 is 33.4 Å². The van der Waals surface area contributed by atoms with E-state index in [9.17, 15) is 24.0 Å². The lowest BCUT2D eigenvalue weighted by atomic mass is 9.88. The van der Waals surface area contributed by atoms with Gasteiger partial charge in [-0.2, -0.15) is 0 Å². The number of hydrogen-bond donors (Lipinski definition) is 1. The number of carbonyl (C=O) groups excluding carboxylic acids is 5. The molecule has 1 N–H and O–H groups in total. The highest BCUT2D eigenvalue weighted by Gasteiger charge is 2.36. The van der Waals surface area contributed by atoms with Gasteiger partial charge in [0.25, 0.3) is 17.7 Å². The molecule has 0 fully saturated rings. The Balaban J connectivity index is 1.37. The van der Waals surface area contributed by atoms with Gasteiger partial charge >= 0.3 is 11.9 Å². The molecule has 3 amide bonds. The van der Waals surface area contributed by atoms with Crippen LogP contribution in [0.2, 0.25) is 0 Å². The van der Waals surface area contributed by atoms with Crippen LogP contribution in [0.15, 0.2) is 24.3 Å². The predicted molar refractivity (Wildman–Crippen MR) is 118 cm³/mol. The van der Waals surface area contributed by atoms with Crippen LogP contribution in [0.25, 0.3) is 0 Å². The summed E-state index contributed by atoms with van der Waals surface area (Å²) in [7, 11) is 1.28. The molecule has 0 spiro atoms. The molecule has 0 unspecified atom stereocenters. The Bertz CT molecular complexity index is 1130. The van der Waals surface area contributed by atoms with Crippen molar-refractivity contribution >= 4 is 46.0 Å². The number of thiophene rings is 1. The lowest BCUT2D eigenvalue weighted by molar-refractivity contribution is -0.147. The first-order chi connectivity index (χ1) is 15.8. The molecule has 1 aliphatic heterocycles. The summed E-state index contributed by atoms with van der Waals surface area (Å²) < 4.78 is 9.86. The number of carbonyl (C=O) groups is 5. The van der Waals surface area contributed by atoms with Crippen LogP contribution in [0.5, 0.6) is 0 Å². The number of amides is 3. The maximum Gasteiger partial charge on any atom is 0.341 e. The normalized spacial score (nSPS) is 16.8. The molecule has 172 valence electrons. The van der Waals surface area contributed by atoms with E-state index in [0.717, 1.165) is 34.6 Å². The van der Waals surface area contributed by atoms with Crippen LogP contribution in [0.3, 0.4) is 0 Å². The molecule has 2 aromatic rings. The van der Waals surface area contributed by atoms with E-state index in [2.05, 4.69) is 12.2 Å². The van der Waals surface area contributed by atoms with Crippen molar-refractivity contribution in [1.29, 1.82) is 0 Å². The zero-order valence-electron chi connectivity index (χ0n) is 18.1. The van der Waals surface area contributed by atoms with Gasteiger partial charge in [-0.05, 0) is 42.9 Å². The number of benzene rings is 1. The molecule has 0 saturated heterocycles. The largest absolute Gasteiger partial charge is 0.465 e. The average molecular weight is 471 g/mol. The second kappa shape index (κ2) is 9.14. The Hall–Kier alpha value is -3.53. The summed E-state index contributed by atoms with van der Waals surface area (Å²) >= 11 is 1.32. The fraction of sp³-hybridized carbons (Fsp3) is 0.348. The molecule has 1 aromatic heterocycles. The number of ether oxygens (including phenoxy) is 2. The third kappa shape index (κ3) is 4.38. The average Bonchev–Trinajstić information content (AvgIpc) is 3.27. The van der Waals surface area contributed by atoms with Crippen molar-refractivity contribution in [2.24, 2.45) is 5.92 Å². The zero-order valence-corrected chi connectivity index (χ0v) is 19.0. The smallest absolute Gasteiger partial charge is 0.341 e. The molecule has 33 heavy (non-hydrogen) atoms. The second-order valence-electron chi connectivity index (χ2n) is 8.00. The Kier molecular flexibility index (Phi) is 6.28. The van der Waals surface area contributed by atoms with Crippen molar-refractivity contribution in [3.8, 4) is 0 Å². The van der Waals surface area contributed by atoms with Gasteiger partial charge in [-0.15, -0.1) is 11.3 Å². The maximum atomic E-state index is 12.4.